The van der Waals surface area contributed by atoms with Crippen molar-refractivity contribution in [1.82, 2.24) is 9.88 Å². The zero-order valence-electron chi connectivity index (χ0n) is 15.3. The number of halogens is 1. The molecular weight excluding hydrogens is 361 g/mol. The number of amides is 1. The van der Waals surface area contributed by atoms with Gasteiger partial charge >= 0.3 is 0 Å². The molecule has 0 aliphatic carbocycles. The summed E-state index contributed by atoms with van der Waals surface area (Å²) >= 11 is 1.37. The van der Waals surface area contributed by atoms with Crippen molar-refractivity contribution in [3.63, 3.8) is 0 Å². The van der Waals surface area contributed by atoms with Gasteiger partial charge in [0.2, 0.25) is 0 Å². The third-order valence-corrected chi connectivity index (χ3v) is 6.03. The van der Waals surface area contributed by atoms with E-state index in [4.69, 9.17) is 0 Å². The van der Waals surface area contributed by atoms with E-state index in [0.29, 0.717) is 18.0 Å². The summed E-state index contributed by atoms with van der Waals surface area (Å²) in [6, 6.07) is 14.4. The third-order valence-electron chi connectivity index (χ3n) is 4.84. The first-order valence-corrected chi connectivity index (χ1v) is 9.66. The molecule has 1 aliphatic rings. The molecule has 4 rings (SSSR count). The Balaban J connectivity index is 1.62. The maximum absolute atomic E-state index is 13.2. The molecule has 27 heavy (non-hydrogen) atoms. The van der Waals surface area contributed by atoms with Gasteiger partial charge in [-0.2, -0.15) is 0 Å². The van der Waals surface area contributed by atoms with E-state index in [1.807, 2.05) is 24.0 Å². The fourth-order valence-electron chi connectivity index (χ4n) is 3.32. The predicted octanol–water partition coefficient (Wildman–Crippen LogP) is 4.35. The summed E-state index contributed by atoms with van der Waals surface area (Å²) < 4.78 is 13.2. The van der Waals surface area contributed by atoms with Gasteiger partial charge < -0.3 is 9.80 Å². The molecule has 0 bridgehead atoms. The van der Waals surface area contributed by atoms with Gasteiger partial charge in [-0.3, -0.25) is 4.79 Å². The fraction of sp³-hybridized carbons (Fsp3) is 0.238. The van der Waals surface area contributed by atoms with E-state index in [9.17, 15) is 9.18 Å². The van der Waals surface area contributed by atoms with E-state index in [1.54, 1.807) is 12.1 Å². The second-order valence-corrected chi connectivity index (χ2v) is 7.72. The van der Waals surface area contributed by atoms with Crippen LogP contribution in [0, 0.1) is 12.7 Å². The Kier molecular flexibility index (Phi) is 4.66. The molecule has 0 fully saturated rings. The van der Waals surface area contributed by atoms with E-state index < -0.39 is 0 Å². The first-order valence-electron chi connectivity index (χ1n) is 8.84. The van der Waals surface area contributed by atoms with Crippen molar-refractivity contribution >= 4 is 22.9 Å². The van der Waals surface area contributed by atoms with Crippen LogP contribution in [0.1, 0.15) is 20.9 Å². The fourth-order valence-corrected chi connectivity index (χ4v) is 4.36. The van der Waals surface area contributed by atoms with Crippen molar-refractivity contribution in [2.75, 3.05) is 25.0 Å². The summed E-state index contributed by atoms with van der Waals surface area (Å²) in [7, 11) is 2.05. The van der Waals surface area contributed by atoms with Crippen molar-refractivity contribution in [1.29, 1.82) is 0 Å². The molecule has 4 nitrogen and oxygen atoms in total. The second-order valence-electron chi connectivity index (χ2n) is 6.72. The molecule has 3 aromatic rings. The van der Waals surface area contributed by atoms with Gasteiger partial charge in [0.1, 0.15) is 15.7 Å². The maximum atomic E-state index is 13.2. The lowest BCUT2D eigenvalue weighted by Crippen LogP contribution is -2.34. The maximum Gasteiger partial charge on any atom is 0.266 e. The van der Waals surface area contributed by atoms with Gasteiger partial charge in [-0.05, 0) is 42.8 Å². The van der Waals surface area contributed by atoms with Crippen LogP contribution < -0.4 is 4.90 Å². The van der Waals surface area contributed by atoms with Crippen molar-refractivity contribution < 1.29 is 9.18 Å². The molecule has 138 valence electrons. The van der Waals surface area contributed by atoms with Crippen LogP contribution in [0.3, 0.4) is 0 Å². The summed E-state index contributed by atoms with van der Waals surface area (Å²) in [5, 5.41) is 0.739. The van der Waals surface area contributed by atoms with Gasteiger partial charge in [0, 0.05) is 37.9 Å². The zero-order valence-corrected chi connectivity index (χ0v) is 16.1. The highest BCUT2D eigenvalue weighted by molar-refractivity contribution is 7.17. The predicted molar refractivity (Wildman–Crippen MR) is 107 cm³/mol. The average Bonchev–Trinajstić information content (AvgIpc) is 2.98. The Morgan fingerprint density at radius 3 is 2.63 bits per heavy atom. The molecule has 1 aromatic heterocycles. The van der Waals surface area contributed by atoms with Crippen LogP contribution in [0.2, 0.25) is 0 Å². The molecule has 0 N–H and O–H groups in total. The quantitative estimate of drug-likeness (QED) is 0.662. The van der Waals surface area contributed by atoms with E-state index >= 15 is 0 Å². The Bertz CT molecular complexity index is 983. The molecule has 6 heteroatoms. The normalized spacial score (nSPS) is 14.0. The highest BCUT2D eigenvalue weighted by atomic mass is 32.1. The van der Waals surface area contributed by atoms with Crippen LogP contribution in [0.15, 0.2) is 48.5 Å². The molecule has 1 aliphatic heterocycles. The minimum absolute atomic E-state index is 0.00321. The molecule has 0 saturated heterocycles. The average molecular weight is 381 g/mol. The van der Waals surface area contributed by atoms with Crippen LogP contribution in [0.4, 0.5) is 10.1 Å². The molecule has 0 atom stereocenters. The number of para-hydroxylation sites is 1. The van der Waals surface area contributed by atoms with Gasteiger partial charge in [0.15, 0.2) is 0 Å². The smallest absolute Gasteiger partial charge is 0.266 e. The molecular formula is C21H20FN3OS. The van der Waals surface area contributed by atoms with Gasteiger partial charge in [-0.25, -0.2) is 9.37 Å². The number of carbonyl (C=O) groups excluding carboxylic acids is 1. The summed E-state index contributed by atoms with van der Waals surface area (Å²) in [4.78, 5) is 22.5. The number of nitrogens with zero attached hydrogens (tertiary/aromatic N) is 3. The minimum Gasteiger partial charge on any atom is -0.373 e. The molecule has 1 amide bonds. The van der Waals surface area contributed by atoms with Crippen molar-refractivity contribution in [2.24, 2.45) is 0 Å². The summed E-state index contributed by atoms with van der Waals surface area (Å²) in [5.41, 5.74) is 3.85. The van der Waals surface area contributed by atoms with E-state index in [-0.39, 0.29) is 11.7 Å². The molecule has 0 spiro atoms. The largest absolute Gasteiger partial charge is 0.373 e. The standard InChI is InChI=1S/C21H20FN3OS/c1-14-19(27-20(23-14)15-7-9-17(22)10-8-15)21(26)25-12-11-24(2)18-6-4-3-5-16(18)13-25/h3-10H,11-13H2,1-2H3. The van der Waals surface area contributed by atoms with Crippen LogP contribution >= 0.6 is 11.3 Å². The Labute approximate surface area is 161 Å². The van der Waals surface area contributed by atoms with E-state index in [2.05, 4.69) is 29.1 Å². The van der Waals surface area contributed by atoms with Crippen molar-refractivity contribution in [3.8, 4) is 10.6 Å². The van der Waals surface area contributed by atoms with Gasteiger partial charge in [-0.15, -0.1) is 11.3 Å². The van der Waals surface area contributed by atoms with Gasteiger partial charge in [0.05, 0.1) is 5.69 Å². The molecule has 2 heterocycles. The topological polar surface area (TPSA) is 36.4 Å². The van der Waals surface area contributed by atoms with Crippen molar-refractivity contribution in [3.05, 3.63) is 70.5 Å². The number of thiazole rings is 1. The van der Waals surface area contributed by atoms with Crippen molar-refractivity contribution in [2.45, 2.75) is 13.5 Å². The second kappa shape index (κ2) is 7.12. The number of anilines is 1. The van der Waals surface area contributed by atoms with Gasteiger partial charge in [0.25, 0.3) is 5.91 Å². The Morgan fingerprint density at radius 1 is 1.11 bits per heavy atom. The van der Waals surface area contributed by atoms with E-state index in [1.165, 1.54) is 29.2 Å². The number of hydrogen-bond donors (Lipinski definition) is 0. The van der Waals surface area contributed by atoms with Crippen LogP contribution in [-0.4, -0.2) is 35.9 Å². The lowest BCUT2D eigenvalue weighted by molar-refractivity contribution is 0.0755. The third kappa shape index (κ3) is 3.45. The molecule has 0 unspecified atom stereocenters. The first-order chi connectivity index (χ1) is 13.0. The highest BCUT2D eigenvalue weighted by Crippen LogP contribution is 2.30. The number of aryl methyl sites for hydroxylation is 1. The Morgan fingerprint density at radius 2 is 1.85 bits per heavy atom. The number of benzene rings is 2. The summed E-state index contributed by atoms with van der Waals surface area (Å²) in [5.74, 6) is -0.279. The Hall–Kier alpha value is -2.73. The zero-order chi connectivity index (χ0) is 19.0. The first kappa shape index (κ1) is 17.7. The molecule has 2 aromatic carbocycles. The summed E-state index contributed by atoms with van der Waals surface area (Å²) in [6.45, 7) is 3.88. The van der Waals surface area contributed by atoms with Crippen LogP contribution in [0.25, 0.3) is 10.6 Å². The number of rotatable bonds is 2. The monoisotopic (exact) mass is 381 g/mol. The lowest BCUT2D eigenvalue weighted by Gasteiger charge is -2.20. The van der Waals surface area contributed by atoms with Crippen LogP contribution in [-0.2, 0) is 6.54 Å². The number of hydrogen-bond acceptors (Lipinski definition) is 4. The minimum atomic E-state index is -0.282. The highest BCUT2D eigenvalue weighted by Gasteiger charge is 2.25. The number of likely N-dealkylation sites (N-methyl/N-ethyl adjacent to an activating group) is 1. The number of aromatic nitrogens is 1. The number of fused-ring (bicyclic) bond motifs is 1. The SMILES string of the molecule is Cc1nc(-c2ccc(F)cc2)sc1C(=O)N1CCN(C)c2ccccc2C1. The molecule has 0 saturated carbocycles. The van der Waals surface area contributed by atoms with Gasteiger partial charge in [-0.1, -0.05) is 18.2 Å². The summed E-state index contributed by atoms with van der Waals surface area (Å²) in [6.07, 6.45) is 0. The van der Waals surface area contributed by atoms with E-state index in [0.717, 1.165) is 28.4 Å². The lowest BCUT2D eigenvalue weighted by atomic mass is 10.1. The van der Waals surface area contributed by atoms with Crippen LogP contribution in [0.5, 0.6) is 0 Å². The number of carbonyl (C=O) groups is 1. The molecule has 0 radical (unpaired) electrons.